The number of nitrogens with zero attached hydrogens (tertiary/aromatic N) is 3. The Morgan fingerprint density at radius 1 is 1.14 bits per heavy atom. The first-order valence-electron chi connectivity index (χ1n) is 10.6. The molecule has 1 unspecified atom stereocenters. The number of carbonyl (C=O) groups is 1. The first-order chi connectivity index (χ1) is 14.0. The molecule has 0 aliphatic carbocycles. The van der Waals surface area contributed by atoms with Gasteiger partial charge in [0.2, 0.25) is 0 Å². The minimum atomic E-state index is -0.0879. The number of aromatic nitrogens is 2. The van der Waals surface area contributed by atoms with Crippen LogP contribution in [0.15, 0.2) is 30.3 Å². The number of rotatable bonds is 8. The second-order valence-corrected chi connectivity index (χ2v) is 7.65. The van der Waals surface area contributed by atoms with E-state index in [9.17, 15) is 4.79 Å². The number of hydrogen-bond donors (Lipinski definition) is 0. The van der Waals surface area contributed by atoms with Crippen molar-refractivity contribution in [3.8, 4) is 11.8 Å². The molecular weight excluding hydrogens is 366 g/mol. The van der Waals surface area contributed by atoms with Crippen LogP contribution in [0.3, 0.4) is 0 Å². The van der Waals surface area contributed by atoms with Gasteiger partial charge in [-0.2, -0.15) is 0 Å². The first-order valence-corrected chi connectivity index (χ1v) is 10.6. The Labute approximate surface area is 173 Å². The van der Waals surface area contributed by atoms with E-state index in [2.05, 4.69) is 16.9 Å². The molecule has 1 amide bonds. The van der Waals surface area contributed by atoms with E-state index >= 15 is 0 Å². The molecule has 0 spiro atoms. The van der Waals surface area contributed by atoms with Crippen LogP contribution in [0.25, 0.3) is 0 Å². The quantitative estimate of drug-likeness (QED) is 0.620. The molecule has 2 heterocycles. The van der Waals surface area contributed by atoms with Gasteiger partial charge in [0.05, 0.1) is 13.2 Å². The predicted octanol–water partition coefficient (Wildman–Crippen LogP) is 4.35. The molecule has 1 atom stereocenters. The van der Waals surface area contributed by atoms with E-state index in [-0.39, 0.29) is 12.0 Å². The van der Waals surface area contributed by atoms with Crippen LogP contribution in [-0.2, 0) is 0 Å². The maximum absolute atomic E-state index is 12.9. The van der Waals surface area contributed by atoms with E-state index in [4.69, 9.17) is 9.47 Å². The van der Waals surface area contributed by atoms with Crippen LogP contribution in [-0.4, -0.2) is 46.6 Å². The van der Waals surface area contributed by atoms with E-state index in [1.807, 2.05) is 49.1 Å². The monoisotopic (exact) mass is 397 g/mol. The van der Waals surface area contributed by atoms with E-state index in [1.165, 1.54) is 12.8 Å². The van der Waals surface area contributed by atoms with Gasteiger partial charge in [-0.15, -0.1) is 0 Å². The summed E-state index contributed by atoms with van der Waals surface area (Å²) in [7, 11) is 0. The van der Waals surface area contributed by atoms with Gasteiger partial charge in [0.1, 0.15) is 11.9 Å². The van der Waals surface area contributed by atoms with Crippen molar-refractivity contribution in [2.24, 2.45) is 0 Å². The molecule has 1 aliphatic rings. The van der Waals surface area contributed by atoms with Gasteiger partial charge < -0.3 is 14.4 Å². The summed E-state index contributed by atoms with van der Waals surface area (Å²) >= 11 is 0. The molecular formula is C23H31N3O3. The van der Waals surface area contributed by atoms with Crippen molar-refractivity contribution in [1.82, 2.24) is 14.9 Å². The average molecular weight is 398 g/mol. The van der Waals surface area contributed by atoms with Gasteiger partial charge >= 0.3 is 6.01 Å². The molecule has 0 radical (unpaired) electrons. The van der Waals surface area contributed by atoms with E-state index in [0.717, 1.165) is 42.9 Å². The molecule has 29 heavy (non-hydrogen) atoms. The number of carbonyl (C=O) groups excluding carboxylic acids is 1. The Kier molecular flexibility index (Phi) is 7.44. The summed E-state index contributed by atoms with van der Waals surface area (Å²) in [4.78, 5) is 23.5. The molecule has 6 heteroatoms. The summed E-state index contributed by atoms with van der Waals surface area (Å²) in [6, 6.07) is 9.75. The number of hydrogen-bond acceptors (Lipinski definition) is 5. The first kappa shape index (κ1) is 21.1. The van der Waals surface area contributed by atoms with Crippen LogP contribution in [0.2, 0.25) is 0 Å². The number of unbranched alkanes of at least 4 members (excludes halogenated alkanes) is 2. The van der Waals surface area contributed by atoms with Crippen LogP contribution >= 0.6 is 0 Å². The number of ether oxygens (including phenoxy) is 2. The molecule has 1 aromatic heterocycles. The largest absolute Gasteiger partial charge is 0.494 e. The average Bonchev–Trinajstić information content (AvgIpc) is 2.71. The van der Waals surface area contributed by atoms with Crippen molar-refractivity contribution in [1.29, 1.82) is 0 Å². The molecule has 156 valence electrons. The summed E-state index contributed by atoms with van der Waals surface area (Å²) in [6.45, 7) is 8.02. The zero-order chi connectivity index (χ0) is 20.6. The summed E-state index contributed by atoms with van der Waals surface area (Å²) in [5.41, 5.74) is 2.44. The van der Waals surface area contributed by atoms with Crippen LogP contribution in [0.4, 0.5) is 0 Å². The molecule has 1 fully saturated rings. The van der Waals surface area contributed by atoms with Gasteiger partial charge in [0.15, 0.2) is 0 Å². The lowest BCUT2D eigenvalue weighted by Crippen LogP contribution is -2.44. The maximum atomic E-state index is 12.9. The summed E-state index contributed by atoms with van der Waals surface area (Å²) < 4.78 is 11.7. The van der Waals surface area contributed by atoms with Crippen molar-refractivity contribution < 1.29 is 14.3 Å². The standard InChI is InChI=1S/C23H31N3O3/c1-4-5-6-14-28-20-11-9-19(10-12-20)22(27)26-13-7-8-21(16-26)29-23-24-17(2)15-18(3)25-23/h9-12,15,21H,4-8,13-14,16H2,1-3H3. The van der Waals surface area contributed by atoms with Crippen LogP contribution < -0.4 is 9.47 Å². The SMILES string of the molecule is CCCCCOc1ccc(C(=O)N2CCCC(Oc3nc(C)cc(C)n3)C2)cc1. The topological polar surface area (TPSA) is 64.5 Å². The molecule has 0 saturated carbocycles. The van der Waals surface area contributed by atoms with Crippen molar-refractivity contribution in [2.45, 2.75) is 59.0 Å². The Hall–Kier alpha value is -2.63. The van der Waals surface area contributed by atoms with Gasteiger partial charge in [-0.25, -0.2) is 9.97 Å². The molecule has 0 bridgehead atoms. The Morgan fingerprint density at radius 3 is 2.55 bits per heavy atom. The fraction of sp³-hybridized carbons (Fsp3) is 0.522. The third kappa shape index (κ3) is 6.17. The highest BCUT2D eigenvalue weighted by Crippen LogP contribution is 2.20. The fourth-order valence-corrected chi connectivity index (χ4v) is 3.53. The van der Waals surface area contributed by atoms with Crippen LogP contribution in [0.5, 0.6) is 11.8 Å². The number of benzene rings is 1. The number of likely N-dealkylation sites (tertiary alicyclic amines) is 1. The van der Waals surface area contributed by atoms with E-state index in [0.29, 0.717) is 24.7 Å². The van der Waals surface area contributed by atoms with E-state index in [1.54, 1.807) is 0 Å². The van der Waals surface area contributed by atoms with Gasteiger partial charge in [0.25, 0.3) is 5.91 Å². The third-order valence-corrected chi connectivity index (χ3v) is 5.02. The fourth-order valence-electron chi connectivity index (χ4n) is 3.53. The zero-order valence-electron chi connectivity index (χ0n) is 17.7. The highest BCUT2D eigenvalue weighted by Gasteiger charge is 2.26. The van der Waals surface area contributed by atoms with Crippen molar-refractivity contribution in [3.05, 3.63) is 47.3 Å². The molecule has 3 rings (SSSR count). The number of amides is 1. The van der Waals surface area contributed by atoms with Gasteiger partial charge in [-0.3, -0.25) is 4.79 Å². The smallest absolute Gasteiger partial charge is 0.317 e. The Bertz CT molecular complexity index is 787. The van der Waals surface area contributed by atoms with Crippen LogP contribution in [0, 0.1) is 13.8 Å². The van der Waals surface area contributed by atoms with Gasteiger partial charge in [-0.1, -0.05) is 19.8 Å². The van der Waals surface area contributed by atoms with Crippen molar-refractivity contribution >= 4 is 5.91 Å². The third-order valence-electron chi connectivity index (χ3n) is 5.02. The lowest BCUT2D eigenvalue weighted by molar-refractivity contribution is 0.0515. The lowest BCUT2D eigenvalue weighted by atomic mass is 10.1. The molecule has 2 aromatic rings. The second kappa shape index (κ2) is 10.2. The predicted molar refractivity (Wildman–Crippen MR) is 113 cm³/mol. The minimum Gasteiger partial charge on any atom is -0.494 e. The molecule has 1 aliphatic heterocycles. The number of piperidine rings is 1. The highest BCUT2D eigenvalue weighted by atomic mass is 16.5. The molecule has 1 aromatic carbocycles. The molecule has 1 saturated heterocycles. The van der Waals surface area contributed by atoms with Crippen molar-refractivity contribution in [2.75, 3.05) is 19.7 Å². The van der Waals surface area contributed by atoms with Gasteiger partial charge in [-0.05, 0) is 63.4 Å². The highest BCUT2D eigenvalue weighted by molar-refractivity contribution is 5.94. The normalized spacial score (nSPS) is 16.5. The molecule has 6 nitrogen and oxygen atoms in total. The Balaban J connectivity index is 1.56. The molecule has 0 N–H and O–H groups in total. The summed E-state index contributed by atoms with van der Waals surface area (Å²) in [5, 5.41) is 0. The van der Waals surface area contributed by atoms with E-state index < -0.39 is 0 Å². The lowest BCUT2D eigenvalue weighted by Gasteiger charge is -2.32. The summed E-state index contributed by atoms with van der Waals surface area (Å²) in [5.74, 6) is 0.835. The second-order valence-electron chi connectivity index (χ2n) is 7.65. The van der Waals surface area contributed by atoms with Gasteiger partial charge in [0, 0.05) is 23.5 Å². The maximum Gasteiger partial charge on any atom is 0.317 e. The van der Waals surface area contributed by atoms with Crippen LogP contribution in [0.1, 0.15) is 60.8 Å². The summed E-state index contributed by atoms with van der Waals surface area (Å²) in [6.07, 6.45) is 5.10. The number of aryl methyl sites for hydroxylation is 2. The zero-order valence-corrected chi connectivity index (χ0v) is 17.7. The Morgan fingerprint density at radius 2 is 1.86 bits per heavy atom. The minimum absolute atomic E-state index is 0.0252. The van der Waals surface area contributed by atoms with Crippen molar-refractivity contribution in [3.63, 3.8) is 0 Å².